The van der Waals surface area contributed by atoms with Crippen LogP contribution >= 0.6 is 0 Å². The van der Waals surface area contributed by atoms with Crippen molar-refractivity contribution in [3.63, 3.8) is 0 Å². The van der Waals surface area contributed by atoms with E-state index in [9.17, 15) is 9.90 Å². The SMILES string of the molecule is Cc1ccc(C)c2c(C)c(C(=O)NC(CO)c3ccco3)oc12. The first-order valence-corrected chi connectivity index (χ1v) is 7.47. The molecule has 2 aromatic heterocycles. The van der Waals surface area contributed by atoms with Gasteiger partial charge in [0.25, 0.3) is 5.91 Å². The van der Waals surface area contributed by atoms with Gasteiger partial charge in [-0.3, -0.25) is 4.79 Å². The highest BCUT2D eigenvalue weighted by Crippen LogP contribution is 2.30. The average Bonchev–Trinajstić information content (AvgIpc) is 3.17. The second-order valence-electron chi connectivity index (χ2n) is 5.68. The molecule has 0 bridgehead atoms. The highest BCUT2D eigenvalue weighted by Gasteiger charge is 2.23. The predicted molar refractivity (Wildman–Crippen MR) is 86.4 cm³/mol. The largest absolute Gasteiger partial charge is 0.467 e. The summed E-state index contributed by atoms with van der Waals surface area (Å²) in [4.78, 5) is 12.6. The van der Waals surface area contributed by atoms with Gasteiger partial charge in [-0.25, -0.2) is 0 Å². The van der Waals surface area contributed by atoms with Crippen molar-refractivity contribution in [2.45, 2.75) is 26.8 Å². The van der Waals surface area contributed by atoms with Gasteiger partial charge in [-0.2, -0.15) is 0 Å². The molecule has 1 aromatic carbocycles. The fourth-order valence-corrected chi connectivity index (χ4v) is 2.81. The minimum Gasteiger partial charge on any atom is -0.467 e. The highest BCUT2D eigenvalue weighted by atomic mass is 16.4. The Labute approximate surface area is 133 Å². The molecule has 1 amide bonds. The zero-order valence-corrected chi connectivity index (χ0v) is 13.3. The Morgan fingerprint density at radius 3 is 2.57 bits per heavy atom. The Morgan fingerprint density at radius 1 is 1.22 bits per heavy atom. The van der Waals surface area contributed by atoms with Gasteiger partial charge in [-0.05, 0) is 44.0 Å². The molecule has 23 heavy (non-hydrogen) atoms. The second kappa shape index (κ2) is 5.93. The molecule has 0 aliphatic rings. The fourth-order valence-electron chi connectivity index (χ4n) is 2.81. The lowest BCUT2D eigenvalue weighted by atomic mass is 10.0. The van der Waals surface area contributed by atoms with Gasteiger partial charge in [0.05, 0.1) is 12.9 Å². The van der Waals surface area contributed by atoms with Gasteiger partial charge in [0.15, 0.2) is 5.76 Å². The summed E-state index contributed by atoms with van der Waals surface area (Å²) in [7, 11) is 0. The topological polar surface area (TPSA) is 75.6 Å². The summed E-state index contributed by atoms with van der Waals surface area (Å²) in [5, 5.41) is 13.2. The zero-order valence-electron chi connectivity index (χ0n) is 13.3. The fraction of sp³-hybridized carbons (Fsp3) is 0.278. The van der Waals surface area contributed by atoms with Crippen LogP contribution in [-0.4, -0.2) is 17.6 Å². The highest BCUT2D eigenvalue weighted by molar-refractivity contribution is 6.00. The molecule has 0 aliphatic carbocycles. The third-order valence-corrected chi connectivity index (χ3v) is 4.06. The van der Waals surface area contributed by atoms with Crippen LogP contribution in [0.2, 0.25) is 0 Å². The van der Waals surface area contributed by atoms with Gasteiger partial charge in [0.2, 0.25) is 0 Å². The Morgan fingerprint density at radius 2 is 1.96 bits per heavy atom. The van der Waals surface area contributed by atoms with Crippen molar-refractivity contribution in [3.8, 4) is 0 Å². The van der Waals surface area contributed by atoms with Gasteiger partial charge in [-0.1, -0.05) is 12.1 Å². The van der Waals surface area contributed by atoms with Gasteiger partial charge in [-0.15, -0.1) is 0 Å². The molecule has 0 spiro atoms. The Bertz CT molecular complexity index is 846. The van der Waals surface area contributed by atoms with Gasteiger partial charge >= 0.3 is 0 Å². The zero-order chi connectivity index (χ0) is 16.6. The van der Waals surface area contributed by atoms with Gasteiger partial charge < -0.3 is 19.3 Å². The number of furan rings is 2. The molecular weight excluding hydrogens is 294 g/mol. The van der Waals surface area contributed by atoms with Crippen LogP contribution in [0, 0.1) is 20.8 Å². The van der Waals surface area contributed by atoms with E-state index < -0.39 is 6.04 Å². The number of carbonyl (C=O) groups is 1. The molecule has 0 aliphatic heterocycles. The molecule has 3 aromatic rings. The number of hydrogen-bond acceptors (Lipinski definition) is 4. The Hall–Kier alpha value is -2.53. The van der Waals surface area contributed by atoms with E-state index >= 15 is 0 Å². The van der Waals surface area contributed by atoms with Crippen LogP contribution in [0.1, 0.15) is 39.0 Å². The van der Waals surface area contributed by atoms with E-state index in [4.69, 9.17) is 8.83 Å². The lowest BCUT2D eigenvalue weighted by Crippen LogP contribution is -2.30. The van der Waals surface area contributed by atoms with Crippen LogP contribution in [-0.2, 0) is 0 Å². The van der Waals surface area contributed by atoms with E-state index in [2.05, 4.69) is 5.32 Å². The summed E-state index contributed by atoms with van der Waals surface area (Å²) in [6.07, 6.45) is 1.50. The first kappa shape index (κ1) is 15.4. The molecule has 0 fully saturated rings. The number of benzene rings is 1. The summed E-state index contributed by atoms with van der Waals surface area (Å²) in [6, 6.07) is 6.81. The normalized spacial score (nSPS) is 12.5. The molecule has 0 radical (unpaired) electrons. The summed E-state index contributed by atoms with van der Waals surface area (Å²) < 4.78 is 11.1. The van der Waals surface area contributed by atoms with Crippen LogP contribution in [0.15, 0.2) is 39.4 Å². The quantitative estimate of drug-likeness (QED) is 0.774. The third kappa shape index (κ3) is 2.64. The standard InChI is InChI=1S/C18H19NO4/c1-10-6-7-11(2)16-15(10)12(3)17(23-16)18(21)19-13(9-20)14-5-4-8-22-14/h4-8,13,20H,9H2,1-3H3,(H,19,21). The van der Waals surface area contributed by atoms with E-state index in [1.165, 1.54) is 6.26 Å². The summed E-state index contributed by atoms with van der Waals surface area (Å²) in [5.74, 6) is 0.400. The maximum absolute atomic E-state index is 12.6. The summed E-state index contributed by atoms with van der Waals surface area (Å²) in [6.45, 7) is 5.56. The van der Waals surface area contributed by atoms with E-state index in [1.54, 1.807) is 12.1 Å². The Kier molecular flexibility index (Phi) is 3.96. The van der Waals surface area contributed by atoms with Crippen LogP contribution in [0.25, 0.3) is 11.0 Å². The molecule has 1 atom stereocenters. The number of aliphatic hydroxyl groups is 1. The minimum atomic E-state index is -0.604. The van der Waals surface area contributed by atoms with Gasteiger partial charge in [0, 0.05) is 10.9 Å². The number of rotatable bonds is 4. The molecule has 5 heteroatoms. The van der Waals surface area contributed by atoms with E-state index in [0.717, 1.165) is 27.7 Å². The minimum absolute atomic E-state index is 0.253. The van der Waals surface area contributed by atoms with E-state index in [0.29, 0.717) is 5.76 Å². The first-order valence-electron chi connectivity index (χ1n) is 7.47. The molecule has 2 N–H and O–H groups in total. The van der Waals surface area contributed by atoms with Gasteiger partial charge in [0.1, 0.15) is 17.4 Å². The molecule has 3 rings (SSSR count). The molecule has 0 saturated carbocycles. The van der Waals surface area contributed by atoms with Crippen LogP contribution in [0.5, 0.6) is 0 Å². The second-order valence-corrected chi connectivity index (χ2v) is 5.68. The third-order valence-electron chi connectivity index (χ3n) is 4.06. The first-order chi connectivity index (χ1) is 11.0. The average molecular weight is 313 g/mol. The molecule has 120 valence electrons. The van der Waals surface area contributed by atoms with Crippen molar-refractivity contribution < 1.29 is 18.7 Å². The molecule has 1 unspecified atom stereocenters. The van der Waals surface area contributed by atoms with Crippen LogP contribution in [0.3, 0.4) is 0 Å². The number of fused-ring (bicyclic) bond motifs is 1. The molecule has 2 heterocycles. The number of amides is 1. The number of aliphatic hydroxyl groups excluding tert-OH is 1. The van der Waals surface area contributed by atoms with Crippen molar-refractivity contribution in [1.82, 2.24) is 5.32 Å². The van der Waals surface area contributed by atoms with E-state index in [1.807, 2.05) is 32.9 Å². The molecule has 0 saturated heterocycles. The smallest absolute Gasteiger partial charge is 0.287 e. The lowest BCUT2D eigenvalue weighted by molar-refractivity contribution is 0.0880. The van der Waals surface area contributed by atoms with E-state index in [-0.39, 0.29) is 18.3 Å². The van der Waals surface area contributed by atoms with Crippen molar-refractivity contribution >= 4 is 16.9 Å². The van der Waals surface area contributed by atoms with Crippen LogP contribution in [0.4, 0.5) is 0 Å². The number of hydrogen-bond donors (Lipinski definition) is 2. The van der Waals surface area contributed by atoms with Crippen LogP contribution < -0.4 is 5.32 Å². The maximum atomic E-state index is 12.6. The van der Waals surface area contributed by atoms with Crippen molar-refractivity contribution in [2.24, 2.45) is 0 Å². The Balaban J connectivity index is 1.97. The van der Waals surface area contributed by atoms with Crippen molar-refractivity contribution in [3.05, 3.63) is 58.7 Å². The molecular formula is C18H19NO4. The predicted octanol–water partition coefficient (Wildman–Crippen LogP) is 3.41. The number of carbonyl (C=O) groups excluding carboxylic acids is 1. The van der Waals surface area contributed by atoms with Crippen molar-refractivity contribution in [1.29, 1.82) is 0 Å². The number of aryl methyl sites for hydroxylation is 3. The monoisotopic (exact) mass is 313 g/mol. The molecule has 5 nitrogen and oxygen atoms in total. The van der Waals surface area contributed by atoms with Crippen molar-refractivity contribution in [2.75, 3.05) is 6.61 Å². The maximum Gasteiger partial charge on any atom is 0.287 e. The summed E-state index contributed by atoms with van der Waals surface area (Å²) in [5.41, 5.74) is 3.58. The lowest BCUT2D eigenvalue weighted by Gasteiger charge is -2.13. The summed E-state index contributed by atoms with van der Waals surface area (Å²) >= 11 is 0. The number of nitrogens with one attached hydrogen (secondary N) is 1.